The number of phenols is 1. The molecule has 3 aromatic rings. The van der Waals surface area contributed by atoms with Gasteiger partial charge in [0.25, 0.3) is 0 Å². The molecule has 1 heterocycles. The predicted octanol–water partition coefficient (Wildman–Crippen LogP) is 4.12. The fourth-order valence-electron chi connectivity index (χ4n) is 4.31. The lowest BCUT2D eigenvalue weighted by Crippen LogP contribution is -2.50. The van der Waals surface area contributed by atoms with Gasteiger partial charge in [0.05, 0.1) is 32.0 Å². The van der Waals surface area contributed by atoms with Gasteiger partial charge >= 0.3 is 0 Å². The first-order valence-electron chi connectivity index (χ1n) is 10.8. The van der Waals surface area contributed by atoms with Gasteiger partial charge in [-0.15, -0.1) is 0 Å². The zero-order chi connectivity index (χ0) is 23.4. The van der Waals surface area contributed by atoms with E-state index in [2.05, 4.69) is 5.32 Å². The van der Waals surface area contributed by atoms with E-state index in [-0.39, 0.29) is 42.1 Å². The van der Waals surface area contributed by atoms with Crippen LogP contribution in [0.2, 0.25) is 0 Å². The zero-order valence-corrected chi connectivity index (χ0v) is 18.2. The molecule has 1 aliphatic rings. The lowest BCUT2D eigenvalue weighted by molar-refractivity contribution is -0.0718. The molecule has 3 atom stereocenters. The Bertz CT molecular complexity index is 1010. The van der Waals surface area contributed by atoms with Gasteiger partial charge in [-0.25, -0.2) is 8.78 Å². The molecule has 174 valence electrons. The highest BCUT2D eigenvalue weighted by Gasteiger charge is 2.35. The van der Waals surface area contributed by atoms with Crippen molar-refractivity contribution >= 4 is 0 Å². The van der Waals surface area contributed by atoms with E-state index in [0.29, 0.717) is 18.7 Å². The summed E-state index contributed by atoms with van der Waals surface area (Å²) < 4.78 is 38.4. The molecule has 0 radical (unpaired) electrons. The van der Waals surface area contributed by atoms with Crippen molar-refractivity contribution < 1.29 is 28.5 Å². The van der Waals surface area contributed by atoms with Crippen LogP contribution in [0.4, 0.5) is 8.78 Å². The minimum Gasteiger partial charge on any atom is -0.508 e. The van der Waals surface area contributed by atoms with Crippen molar-refractivity contribution in [3.63, 3.8) is 0 Å². The van der Waals surface area contributed by atoms with Gasteiger partial charge in [0.15, 0.2) is 0 Å². The molecule has 1 saturated heterocycles. The van der Waals surface area contributed by atoms with Gasteiger partial charge in [-0.1, -0.05) is 24.3 Å². The van der Waals surface area contributed by atoms with Crippen LogP contribution < -0.4 is 10.1 Å². The molecule has 1 aliphatic heterocycles. The number of halogens is 2. The SMILES string of the molecule is COc1cc(O)cc(CNC2COC(C(c3ccc(F)cc3)c3ccc(F)cc3)CC2O)c1. The van der Waals surface area contributed by atoms with E-state index in [1.165, 1.54) is 37.4 Å². The third-order valence-corrected chi connectivity index (χ3v) is 6.01. The molecule has 33 heavy (non-hydrogen) atoms. The summed E-state index contributed by atoms with van der Waals surface area (Å²) in [6, 6.07) is 17.0. The average Bonchev–Trinajstić information content (AvgIpc) is 2.81. The number of ether oxygens (including phenoxy) is 2. The summed E-state index contributed by atoms with van der Waals surface area (Å²) in [6.45, 7) is 0.681. The number of hydrogen-bond donors (Lipinski definition) is 3. The monoisotopic (exact) mass is 455 g/mol. The van der Waals surface area contributed by atoms with Crippen molar-refractivity contribution in [1.82, 2.24) is 5.32 Å². The Kier molecular flexibility index (Phi) is 7.23. The molecular weight excluding hydrogens is 428 g/mol. The van der Waals surface area contributed by atoms with Gasteiger partial charge in [-0.2, -0.15) is 0 Å². The summed E-state index contributed by atoms with van der Waals surface area (Å²) in [4.78, 5) is 0. The second-order valence-electron chi connectivity index (χ2n) is 8.28. The normalized spacial score (nSPS) is 20.7. The fourth-order valence-corrected chi connectivity index (χ4v) is 4.31. The number of rotatable bonds is 7. The van der Waals surface area contributed by atoms with Crippen molar-refractivity contribution in [2.75, 3.05) is 13.7 Å². The van der Waals surface area contributed by atoms with Gasteiger partial charge in [0.1, 0.15) is 23.1 Å². The number of aromatic hydroxyl groups is 1. The highest BCUT2D eigenvalue weighted by atomic mass is 19.1. The lowest BCUT2D eigenvalue weighted by Gasteiger charge is -2.38. The third kappa shape index (κ3) is 5.68. The average molecular weight is 456 g/mol. The Balaban J connectivity index is 1.47. The zero-order valence-electron chi connectivity index (χ0n) is 18.2. The van der Waals surface area contributed by atoms with E-state index < -0.39 is 6.10 Å². The van der Waals surface area contributed by atoms with Gasteiger partial charge in [-0.3, -0.25) is 0 Å². The number of aliphatic hydroxyl groups excluding tert-OH is 1. The molecule has 3 unspecified atom stereocenters. The summed E-state index contributed by atoms with van der Waals surface area (Å²) in [7, 11) is 1.53. The molecule has 3 aromatic carbocycles. The topological polar surface area (TPSA) is 71.0 Å². The number of aliphatic hydroxyl groups is 1. The highest BCUT2D eigenvalue weighted by Crippen LogP contribution is 2.35. The molecule has 5 nitrogen and oxygen atoms in total. The quantitative estimate of drug-likeness (QED) is 0.500. The molecule has 0 spiro atoms. The minimum atomic E-state index is -0.689. The van der Waals surface area contributed by atoms with Crippen LogP contribution in [0, 0.1) is 11.6 Å². The van der Waals surface area contributed by atoms with Crippen molar-refractivity contribution in [2.45, 2.75) is 37.1 Å². The summed E-state index contributed by atoms with van der Waals surface area (Å²) >= 11 is 0. The van der Waals surface area contributed by atoms with Crippen LogP contribution in [0.3, 0.4) is 0 Å². The Hall–Kier alpha value is -3.00. The van der Waals surface area contributed by atoms with Gasteiger partial charge in [0, 0.05) is 24.9 Å². The van der Waals surface area contributed by atoms with E-state index in [1.54, 1.807) is 30.3 Å². The van der Waals surface area contributed by atoms with E-state index in [9.17, 15) is 19.0 Å². The van der Waals surface area contributed by atoms with E-state index in [1.807, 2.05) is 6.07 Å². The molecule has 1 fully saturated rings. The van der Waals surface area contributed by atoms with E-state index >= 15 is 0 Å². The highest BCUT2D eigenvalue weighted by molar-refractivity contribution is 5.38. The Morgan fingerprint density at radius 3 is 2.15 bits per heavy atom. The van der Waals surface area contributed by atoms with Crippen molar-refractivity contribution in [3.05, 3.63) is 95.1 Å². The third-order valence-electron chi connectivity index (χ3n) is 6.01. The van der Waals surface area contributed by atoms with Crippen molar-refractivity contribution in [1.29, 1.82) is 0 Å². The molecule has 0 saturated carbocycles. The number of phenolic OH excluding ortho intramolecular Hbond substituents is 1. The molecule has 4 rings (SSSR count). The van der Waals surface area contributed by atoms with Gasteiger partial charge in [0.2, 0.25) is 0 Å². The lowest BCUT2D eigenvalue weighted by atomic mass is 9.82. The predicted molar refractivity (Wildman–Crippen MR) is 120 cm³/mol. The van der Waals surface area contributed by atoms with Crippen molar-refractivity contribution in [2.24, 2.45) is 0 Å². The summed E-state index contributed by atoms with van der Waals surface area (Å²) in [6.07, 6.45) is -0.707. The standard InChI is InChI=1S/C26H27F2NO4/c1-32-22-11-16(10-21(30)12-22)14-29-23-15-33-25(13-24(23)31)26(17-2-6-19(27)7-3-17)18-4-8-20(28)9-5-18/h2-12,23-26,29-31H,13-15H2,1H3. The van der Waals surface area contributed by atoms with Crippen LogP contribution in [0.1, 0.15) is 29.0 Å². The van der Waals surface area contributed by atoms with Crippen LogP contribution >= 0.6 is 0 Å². The first-order chi connectivity index (χ1) is 15.9. The largest absolute Gasteiger partial charge is 0.508 e. The second kappa shape index (κ2) is 10.3. The van der Waals surface area contributed by atoms with Crippen LogP contribution in [0.25, 0.3) is 0 Å². The number of methoxy groups -OCH3 is 1. The maximum Gasteiger partial charge on any atom is 0.123 e. The van der Waals surface area contributed by atoms with Gasteiger partial charge in [-0.05, 0) is 53.1 Å². The summed E-state index contributed by atoms with van der Waals surface area (Å²) in [5, 5.41) is 24.0. The fraction of sp³-hybridized carbons (Fsp3) is 0.308. The number of benzene rings is 3. The van der Waals surface area contributed by atoms with Crippen LogP contribution in [-0.4, -0.2) is 42.2 Å². The smallest absolute Gasteiger partial charge is 0.123 e. The molecule has 0 bridgehead atoms. The van der Waals surface area contributed by atoms with E-state index in [4.69, 9.17) is 9.47 Å². The Morgan fingerprint density at radius 1 is 1.00 bits per heavy atom. The van der Waals surface area contributed by atoms with Crippen LogP contribution in [-0.2, 0) is 11.3 Å². The minimum absolute atomic E-state index is 0.105. The maximum absolute atomic E-state index is 13.5. The number of hydrogen-bond acceptors (Lipinski definition) is 5. The molecule has 0 amide bonds. The Labute approximate surface area is 191 Å². The van der Waals surface area contributed by atoms with Crippen LogP contribution in [0.5, 0.6) is 11.5 Å². The second-order valence-corrected chi connectivity index (χ2v) is 8.28. The molecule has 3 N–H and O–H groups in total. The first-order valence-corrected chi connectivity index (χ1v) is 10.8. The molecule has 7 heteroatoms. The van der Waals surface area contributed by atoms with E-state index in [0.717, 1.165) is 16.7 Å². The molecule has 0 aromatic heterocycles. The van der Waals surface area contributed by atoms with Crippen LogP contribution in [0.15, 0.2) is 66.7 Å². The Morgan fingerprint density at radius 2 is 1.61 bits per heavy atom. The number of nitrogens with one attached hydrogen (secondary N) is 1. The summed E-state index contributed by atoms with van der Waals surface area (Å²) in [5.41, 5.74) is 2.48. The first kappa shape index (κ1) is 23.2. The molecule has 0 aliphatic carbocycles. The van der Waals surface area contributed by atoms with Gasteiger partial charge < -0.3 is 25.0 Å². The maximum atomic E-state index is 13.5. The van der Waals surface area contributed by atoms with Crippen molar-refractivity contribution in [3.8, 4) is 11.5 Å². The summed E-state index contributed by atoms with van der Waals surface area (Å²) in [5.74, 6) is -0.304. The molecular formula is C26H27F2NO4.